The molecule has 0 amide bonds. The van der Waals surface area contributed by atoms with Crippen molar-refractivity contribution in [2.75, 3.05) is 12.4 Å². The Morgan fingerprint density at radius 3 is 2.28 bits per heavy atom. The van der Waals surface area contributed by atoms with Gasteiger partial charge in [0.05, 0.1) is 0 Å². The summed E-state index contributed by atoms with van der Waals surface area (Å²) in [5.41, 5.74) is 5.85. The van der Waals surface area contributed by atoms with Crippen LogP contribution in [0.4, 0.5) is 5.69 Å². The Balaban J connectivity index is 1.90. The van der Waals surface area contributed by atoms with Crippen LogP contribution in [0.15, 0.2) is 65.5 Å². The van der Waals surface area contributed by atoms with E-state index in [9.17, 15) is 0 Å². The molecule has 0 atom stereocenters. The number of anilines is 1. The molecule has 0 radical (unpaired) electrons. The van der Waals surface area contributed by atoms with Crippen LogP contribution in [0.25, 0.3) is 0 Å². The van der Waals surface area contributed by atoms with E-state index in [1.165, 1.54) is 43.2 Å². The number of hydrogen-bond acceptors (Lipinski definition) is 2. The van der Waals surface area contributed by atoms with E-state index in [4.69, 9.17) is 0 Å². The fraction of sp³-hybridized carbons (Fsp3) is 0.500. The summed E-state index contributed by atoms with van der Waals surface area (Å²) in [5, 5.41) is 6.87. The zero-order valence-corrected chi connectivity index (χ0v) is 19.1. The maximum Gasteiger partial charge on any atom is 0.124 e. The molecule has 1 aliphatic carbocycles. The SMILES string of the molecule is C=C(Cc1ccc(NC(=C)C2CCCCC2)cc1)NC(/C=C(\C)C(C)(C)C)=NC. The van der Waals surface area contributed by atoms with Crippen molar-refractivity contribution >= 4 is 11.5 Å². The van der Waals surface area contributed by atoms with Crippen LogP contribution in [0.3, 0.4) is 0 Å². The minimum atomic E-state index is 0.128. The first-order valence-electron chi connectivity index (χ1n) is 10.8. The molecule has 2 N–H and O–H groups in total. The fourth-order valence-corrected chi connectivity index (χ4v) is 3.49. The molecule has 1 aliphatic rings. The molecule has 0 aliphatic heterocycles. The predicted molar refractivity (Wildman–Crippen MR) is 128 cm³/mol. The van der Waals surface area contributed by atoms with Crippen molar-refractivity contribution in [3.8, 4) is 0 Å². The summed E-state index contributed by atoms with van der Waals surface area (Å²) in [5.74, 6) is 1.47. The number of nitrogens with one attached hydrogen (secondary N) is 2. The van der Waals surface area contributed by atoms with Crippen LogP contribution < -0.4 is 10.6 Å². The first-order valence-corrected chi connectivity index (χ1v) is 10.8. The highest BCUT2D eigenvalue weighted by Gasteiger charge is 2.16. The third kappa shape index (κ3) is 7.56. The monoisotopic (exact) mass is 393 g/mol. The fourth-order valence-electron chi connectivity index (χ4n) is 3.49. The summed E-state index contributed by atoms with van der Waals surface area (Å²) in [4.78, 5) is 4.36. The van der Waals surface area contributed by atoms with E-state index in [-0.39, 0.29) is 5.41 Å². The molecule has 0 saturated heterocycles. The van der Waals surface area contributed by atoms with Gasteiger partial charge in [0.2, 0.25) is 0 Å². The van der Waals surface area contributed by atoms with Crippen LogP contribution in [-0.4, -0.2) is 12.9 Å². The molecule has 1 saturated carbocycles. The summed E-state index contributed by atoms with van der Waals surface area (Å²) in [7, 11) is 1.81. The second-order valence-electron chi connectivity index (χ2n) is 9.27. The van der Waals surface area contributed by atoms with Gasteiger partial charge in [-0.2, -0.15) is 0 Å². The van der Waals surface area contributed by atoms with E-state index in [0.717, 1.165) is 29.3 Å². The number of amidine groups is 1. The molecule has 0 heterocycles. The summed E-state index contributed by atoms with van der Waals surface area (Å²) in [6, 6.07) is 8.58. The smallest absolute Gasteiger partial charge is 0.124 e. The second kappa shape index (κ2) is 10.5. The standard InChI is InChI=1S/C26H39N3/c1-19(26(4,5)6)17-25(27-7)28-20(2)18-22-13-15-24(16-14-22)29-21(3)23-11-9-8-10-12-23/h13-17,23,29H,2-3,8-12,18H2,1,4-7H3,(H,27,28)/b19-17+. The first-order chi connectivity index (χ1) is 13.7. The van der Waals surface area contributed by atoms with Gasteiger partial charge in [-0.1, -0.05) is 70.9 Å². The Morgan fingerprint density at radius 1 is 1.10 bits per heavy atom. The lowest BCUT2D eigenvalue weighted by atomic mass is 9.87. The molecule has 1 fully saturated rings. The largest absolute Gasteiger partial charge is 0.359 e. The number of rotatable bonds is 7. The van der Waals surface area contributed by atoms with E-state index in [1.807, 2.05) is 7.05 Å². The van der Waals surface area contributed by atoms with Crippen LogP contribution in [-0.2, 0) is 6.42 Å². The number of nitrogens with zero attached hydrogens (tertiary/aromatic N) is 1. The molecule has 1 aromatic carbocycles. The van der Waals surface area contributed by atoms with E-state index in [0.29, 0.717) is 5.92 Å². The van der Waals surface area contributed by atoms with Crippen molar-refractivity contribution in [2.45, 2.75) is 66.2 Å². The van der Waals surface area contributed by atoms with Gasteiger partial charge in [0.15, 0.2) is 0 Å². The number of benzene rings is 1. The van der Waals surface area contributed by atoms with E-state index in [2.05, 4.69) is 86.8 Å². The van der Waals surface area contributed by atoms with Gasteiger partial charge in [0, 0.05) is 30.5 Å². The van der Waals surface area contributed by atoms with Crippen LogP contribution in [0.2, 0.25) is 0 Å². The molecule has 0 aromatic heterocycles. The average Bonchev–Trinajstić information content (AvgIpc) is 2.68. The molecule has 2 rings (SSSR count). The highest BCUT2D eigenvalue weighted by Crippen LogP contribution is 2.29. The van der Waals surface area contributed by atoms with Gasteiger partial charge < -0.3 is 10.6 Å². The lowest BCUT2D eigenvalue weighted by Crippen LogP contribution is -2.23. The summed E-state index contributed by atoms with van der Waals surface area (Å²) in [6.07, 6.45) is 9.42. The van der Waals surface area contributed by atoms with Gasteiger partial charge in [0.25, 0.3) is 0 Å². The maximum atomic E-state index is 4.36. The average molecular weight is 394 g/mol. The van der Waals surface area contributed by atoms with Crippen LogP contribution in [0, 0.1) is 11.3 Å². The van der Waals surface area contributed by atoms with Crippen molar-refractivity contribution in [3.05, 3.63) is 66.0 Å². The molecule has 1 aromatic rings. The van der Waals surface area contributed by atoms with Gasteiger partial charge in [-0.05, 0) is 54.9 Å². The van der Waals surface area contributed by atoms with Gasteiger partial charge in [0.1, 0.15) is 5.84 Å². The van der Waals surface area contributed by atoms with Crippen molar-refractivity contribution in [2.24, 2.45) is 16.3 Å². The molecular formula is C26H39N3. The van der Waals surface area contributed by atoms with E-state index < -0.39 is 0 Å². The number of allylic oxidation sites excluding steroid dienone is 3. The van der Waals surface area contributed by atoms with E-state index in [1.54, 1.807) is 0 Å². The Hall–Kier alpha value is -2.29. The van der Waals surface area contributed by atoms with Crippen molar-refractivity contribution in [1.29, 1.82) is 0 Å². The first kappa shape index (κ1) is 23.0. The Kier molecular flexibility index (Phi) is 8.31. The molecular weight excluding hydrogens is 354 g/mol. The molecule has 0 bridgehead atoms. The highest BCUT2D eigenvalue weighted by molar-refractivity contribution is 5.94. The van der Waals surface area contributed by atoms with Crippen molar-refractivity contribution < 1.29 is 0 Å². The zero-order valence-electron chi connectivity index (χ0n) is 19.1. The zero-order chi connectivity index (χ0) is 21.4. The third-order valence-corrected chi connectivity index (χ3v) is 5.86. The topological polar surface area (TPSA) is 36.4 Å². The summed E-state index contributed by atoms with van der Waals surface area (Å²) < 4.78 is 0. The summed E-state index contributed by atoms with van der Waals surface area (Å²) >= 11 is 0. The van der Waals surface area contributed by atoms with Crippen molar-refractivity contribution in [1.82, 2.24) is 5.32 Å². The molecule has 3 nitrogen and oxygen atoms in total. The highest BCUT2D eigenvalue weighted by atomic mass is 15.0. The lowest BCUT2D eigenvalue weighted by molar-refractivity contribution is 0.405. The van der Waals surface area contributed by atoms with Gasteiger partial charge in [-0.25, -0.2) is 0 Å². The second-order valence-corrected chi connectivity index (χ2v) is 9.27. The van der Waals surface area contributed by atoms with Gasteiger partial charge in [-0.3, -0.25) is 4.99 Å². The Bertz CT molecular complexity index is 754. The number of hydrogen-bond donors (Lipinski definition) is 2. The lowest BCUT2D eigenvalue weighted by Gasteiger charge is -2.24. The van der Waals surface area contributed by atoms with Gasteiger partial charge >= 0.3 is 0 Å². The number of aliphatic imine (C=N–C) groups is 1. The Morgan fingerprint density at radius 2 is 1.72 bits per heavy atom. The normalized spacial score (nSPS) is 16.4. The van der Waals surface area contributed by atoms with Crippen LogP contribution in [0.5, 0.6) is 0 Å². The minimum absolute atomic E-state index is 0.128. The van der Waals surface area contributed by atoms with E-state index >= 15 is 0 Å². The predicted octanol–water partition coefficient (Wildman–Crippen LogP) is 6.86. The maximum absolute atomic E-state index is 4.36. The minimum Gasteiger partial charge on any atom is -0.359 e. The molecule has 158 valence electrons. The molecule has 0 spiro atoms. The van der Waals surface area contributed by atoms with Crippen molar-refractivity contribution in [3.63, 3.8) is 0 Å². The van der Waals surface area contributed by atoms with Gasteiger partial charge in [-0.15, -0.1) is 0 Å². The molecule has 29 heavy (non-hydrogen) atoms. The van der Waals surface area contributed by atoms with Crippen LogP contribution >= 0.6 is 0 Å². The molecule has 3 heteroatoms. The van der Waals surface area contributed by atoms with Crippen LogP contribution in [0.1, 0.15) is 65.4 Å². The quantitative estimate of drug-likeness (QED) is 0.392. The summed E-state index contributed by atoms with van der Waals surface area (Å²) in [6.45, 7) is 17.2. The molecule has 0 unspecified atom stereocenters. The third-order valence-electron chi connectivity index (χ3n) is 5.86. The Labute approximate surface area is 178 Å².